The molecule has 0 amide bonds. The van der Waals surface area contributed by atoms with E-state index in [0.717, 1.165) is 12.5 Å². The van der Waals surface area contributed by atoms with E-state index in [-0.39, 0.29) is 11.0 Å². The first-order valence-electron chi connectivity index (χ1n) is 8.53. The molecule has 0 aromatic heterocycles. The standard InChI is InChI=1S/C21H25N/c1-16(2)21(22-15-17-7-4-3-5-8-17)11-6-9-19-13-18-10-12-20(19,21)14-18/h3-12,16,18,22H,13-15H2,1-2H3. The lowest BCUT2D eigenvalue weighted by Gasteiger charge is -2.51. The highest BCUT2D eigenvalue weighted by molar-refractivity contribution is 5.48. The Morgan fingerprint density at radius 2 is 2.00 bits per heavy atom. The first-order chi connectivity index (χ1) is 10.7. The van der Waals surface area contributed by atoms with Crippen LogP contribution in [0.3, 0.4) is 0 Å². The number of rotatable bonds is 4. The number of nitrogens with one attached hydrogen (secondary N) is 1. The van der Waals surface area contributed by atoms with E-state index >= 15 is 0 Å². The van der Waals surface area contributed by atoms with E-state index in [1.165, 1.54) is 18.4 Å². The number of hydrogen-bond acceptors (Lipinski definition) is 1. The Hall–Kier alpha value is -1.60. The zero-order valence-corrected chi connectivity index (χ0v) is 13.5. The van der Waals surface area contributed by atoms with Gasteiger partial charge < -0.3 is 5.32 Å². The van der Waals surface area contributed by atoms with Gasteiger partial charge in [0.1, 0.15) is 0 Å². The minimum Gasteiger partial charge on any atom is -0.303 e. The van der Waals surface area contributed by atoms with Crippen LogP contribution in [0.4, 0.5) is 0 Å². The third kappa shape index (κ3) is 1.82. The minimum atomic E-state index is 0.0364. The third-order valence-electron chi connectivity index (χ3n) is 6.03. The molecular weight excluding hydrogens is 266 g/mol. The van der Waals surface area contributed by atoms with Crippen LogP contribution in [0.2, 0.25) is 0 Å². The van der Waals surface area contributed by atoms with Crippen LogP contribution in [-0.2, 0) is 6.54 Å². The summed E-state index contributed by atoms with van der Waals surface area (Å²) in [6.45, 7) is 5.65. The lowest BCUT2D eigenvalue weighted by Crippen LogP contribution is -2.59. The van der Waals surface area contributed by atoms with Gasteiger partial charge in [0.2, 0.25) is 0 Å². The summed E-state index contributed by atoms with van der Waals surface area (Å²) in [6.07, 6.45) is 14.6. The SMILES string of the molecule is CC(C)C1(NCc2ccccc2)C=CC=C2CC3C=CC21C3. The van der Waals surface area contributed by atoms with Gasteiger partial charge in [0.25, 0.3) is 0 Å². The van der Waals surface area contributed by atoms with Crippen molar-refractivity contribution in [3.8, 4) is 0 Å². The number of hydrogen-bond donors (Lipinski definition) is 1. The van der Waals surface area contributed by atoms with E-state index in [1.807, 2.05) is 0 Å². The molecule has 114 valence electrons. The Morgan fingerprint density at radius 1 is 1.18 bits per heavy atom. The molecule has 0 aliphatic heterocycles. The van der Waals surface area contributed by atoms with Gasteiger partial charge >= 0.3 is 0 Å². The van der Waals surface area contributed by atoms with E-state index in [0.29, 0.717) is 5.92 Å². The maximum atomic E-state index is 3.96. The third-order valence-corrected chi connectivity index (χ3v) is 6.03. The molecule has 3 aliphatic carbocycles. The summed E-state index contributed by atoms with van der Waals surface area (Å²) in [5.41, 5.74) is 3.24. The molecule has 1 fully saturated rings. The van der Waals surface area contributed by atoms with Gasteiger partial charge in [-0.15, -0.1) is 0 Å². The van der Waals surface area contributed by atoms with Crippen LogP contribution in [0.1, 0.15) is 32.3 Å². The summed E-state index contributed by atoms with van der Waals surface area (Å²) in [5, 5.41) is 3.96. The predicted molar refractivity (Wildman–Crippen MR) is 92.4 cm³/mol. The number of benzene rings is 1. The molecule has 1 spiro atoms. The van der Waals surface area contributed by atoms with Gasteiger partial charge in [-0.1, -0.05) is 80.1 Å². The van der Waals surface area contributed by atoms with Gasteiger partial charge in [-0.2, -0.15) is 0 Å². The first-order valence-corrected chi connectivity index (χ1v) is 8.53. The fourth-order valence-corrected chi connectivity index (χ4v) is 4.92. The highest BCUT2D eigenvalue weighted by atomic mass is 15.0. The quantitative estimate of drug-likeness (QED) is 0.797. The fraction of sp³-hybridized carbons (Fsp3) is 0.429. The van der Waals surface area contributed by atoms with Crippen molar-refractivity contribution in [3.05, 3.63) is 71.8 Å². The molecule has 1 heteroatoms. The van der Waals surface area contributed by atoms with E-state index in [4.69, 9.17) is 0 Å². The van der Waals surface area contributed by atoms with E-state index in [1.54, 1.807) is 5.57 Å². The van der Waals surface area contributed by atoms with Gasteiger partial charge in [-0.3, -0.25) is 0 Å². The molecule has 1 saturated carbocycles. The second kappa shape index (κ2) is 4.96. The largest absolute Gasteiger partial charge is 0.303 e. The van der Waals surface area contributed by atoms with Gasteiger partial charge in [-0.25, -0.2) is 0 Å². The second-order valence-corrected chi connectivity index (χ2v) is 7.41. The number of allylic oxidation sites excluding steroid dienone is 3. The zero-order chi connectivity index (χ0) is 15.2. The first kappa shape index (κ1) is 14.0. The zero-order valence-electron chi connectivity index (χ0n) is 13.5. The van der Waals surface area contributed by atoms with Crippen LogP contribution < -0.4 is 5.32 Å². The van der Waals surface area contributed by atoms with Crippen LogP contribution >= 0.6 is 0 Å². The van der Waals surface area contributed by atoms with Gasteiger partial charge in [0, 0.05) is 12.0 Å². The molecule has 3 unspecified atom stereocenters. The van der Waals surface area contributed by atoms with E-state index in [9.17, 15) is 0 Å². The highest BCUT2D eigenvalue weighted by Gasteiger charge is 2.58. The van der Waals surface area contributed by atoms with Crippen molar-refractivity contribution in [3.63, 3.8) is 0 Å². The number of fused-ring (bicyclic) bond motifs is 1. The molecule has 22 heavy (non-hydrogen) atoms. The molecule has 2 bridgehead atoms. The average Bonchev–Trinajstić information content (AvgIpc) is 3.11. The summed E-state index contributed by atoms with van der Waals surface area (Å²) in [6, 6.07) is 10.8. The summed E-state index contributed by atoms with van der Waals surface area (Å²) in [7, 11) is 0. The van der Waals surface area contributed by atoms with Gasteiger partial charge in [0.15, 0.2) is 0 Å². The van der Waals surface area contributed by atoms with Crippen LogP contribution in [0.15, 0.2) is 66.3 Å². The smallest absolute Gasteiger partial charge is 0.0523 e. The van der Waals surface area contributed by atoms with Gasteiger partial charge in [-0.05, 0) is 30.2 Å². The molecule has 0 saturated heterocycles. The van der Waals surface area contributed by atoms with Crippen molar-refractivity contribution in [1.29, 1.82) is 0 Å². The van der Waals surface area contributed by atoms with Crippen LogP contribution in [0.25, 0.3) is 0 Å². The summed E-state index contributed by atoms with van der Waals surface area (Å²) >= 11 is 0. The monoisotopic (exact) mass is 291 g/mol. The van der Waals surface area contributed by atoms with Crippen LogP contribution in [0, 0.1) is 17.3 Å². The fourth-order valence-electron chi connectivity index (χ4n) is 4.92. The Kier molecular flexibility index (Phi) is 3.16. The van der Waals surface area contributed by atoms with E-state index in [2.05, 4.69) is 79.9 Å². The summed E-state index contributed by atoms with van der Waals surface area (Å²) in [4.78, 5) is 0. The molecule has 1 N–H and O–H groups in total. The van der Waals surface area contributed by atoms with Gasteiger partial charge in [0.05, 0.1) is 5.54 Å². The molecule has 3 atom stereocenters. The summed E-state index contributed by atoms with van der Waals surface area (Å²) in [5.74, 6) is 1.31. The lowest BCUT2D eigenvalue weighted by molar-refractivity contribution is 0.161. The van der Waals surface area contributed by atoms with Crippen molar-refractivity contribution in [2.24, 2.45) is 17.3 Å². The Bertz CT molecular complexity index is 652. The van der Waals surface area contributed by atoms with Crippen molar-refractivity contribution in [2.75, 3.05) is 0 Å². The lowest BCUT2D eigenvalue weighted by atomic mass is 9.59. The molecule has 4 rings (SSSR count). The van der Waals surface area contributed by atoms with Crippen LogP contribution in [-0.4, -0.2) is 5.54 Å². The van der Waals surface area contributed by atoms with Crippen molar-refractivity contribution < 1.29 is 0 Å². The van der Waals surface area contributed by atoms with Crippen LogP contribution in [0.5, 0.6) is 0 Å². The van der Waals surface area contributed by atoms with Crippen molar-refractivity contribution in [1.82, 2.24) is 5.32 Å². The Labute approximate surface area is 133 Å². The topological polar surface area (TPSA) is 12.0 Å². The molecular formula is C21H25N. The molecule has 0 radical (unpaired) electrons. The molecule has 1 nitrogen and oxygen atoms in total. The average molecular weight is 291 g/mol. The Morgan fingerprint density at radius 3 is 2.73 bits per heavy atom. The predicted octanol–water partition coefficient (Wildman–Crippen LogP) is 4.63. The second-order valence-electron chi connectivity index (χ2n) is 7.41. The summed E-state index contributed by atoms with van der Waals surface area (Å²) < 4.78 is 0. The van der Waals surface area contributed by atoms with Crippen molar-refractivity contribution >= 4 is 0 Å². The molecule has 1 aromatic carbocycles. The molecule has 1 aromatic rings. The normalized spacial score (nSPS) is 35.0. The maximum absolute atomic E-state index is 3.96. The van der Waals surface area contributed by atoms with E-state index < -0.39 is 0 Å². The highest BCUT2D eigenvalue weighted by Crippen LogP contribution is 2.61. The Balaban J connectivity index is 1.70. The maximum Gasteiger partial charge on any atom is 0.0523 e. The molecule has 0 heterocycles. The minimum absolute atomic E-state index is 0.0364. The van der Waals surface area contributed by atoms with Crippen molar-refractivity contribution in [2.45, 2.75) is 38.8 Å². The molecule has 3 aliphatic rings.